The van der Waals surface area contributed by atoms with E-state index in [4.69, 9.17) is 15.0 Å². The predicted octanol–water partition coefficient (Wildman–Crippen LogP) is 15.1. The lowest BCUT2D eigenvalue weighted by molar-refractivity contribution is 1.08. The summed E-state index contributed by atoms with van der Waals surface area (Å²) in [7, 11) is 0. The molecule has 11 rings (SSSR count). The van der Waals surface area contributed by atoms with E-state index < -0.39 is 0 Å². The Morgan fingerprint density at radius 1 is 0.288 bits per heavy atom. The van der Waals surface area contributed by atoms with Crippen molar-refractivity contribution in [3.63, 3.8) is 0 Å². The molecule has 0 radical (unpaired) electrons. The maximum absolute atomic E-state index is 5.30. The first kappa shape index (κ1) is 34.7. The van der Waals surface area contributed by atoms with Crippen molar-refractivity contribution in [2.45, 2.75) is 0 Å². The molecule has 0 fully saturated rings. The number of fused-ring (bicyclic) bond motifs is 4. The van der Waals surface area contributed by atoms with Crippen LogP contribution in [0.25, 0.3) is 110 Å². The van der Waals surface area contributed by atoms with Gasteiger partial charge in [0.25, 0.3) is 0 Å². The molecule has 0 amide bonds. The van der Waals surface area contributed by atoms with Gasteiger partial charge in [-0.2, -0.15) is 0 Å². The van der Waals surface area contributed by atoms with Crippen LogP contribution in [0, 0.1) is 0 Å². The summed E-state index contributed by atoms with van der Waals surface area (Å²) in [5.74, 6) is 1.92. The smallest absolute Gasteiger partial charge is 0.164 e. The second kappa shape index (κ2) is 14.8. The summed E-state index contributed by atoms with van der Waals surface area (Å²) in [6, 6.07) is 75.2. The molecule has 59 heavy (non-hydrogen) atoms. The molecule has 0 aliphatic carbocycles. The van der Waals surface area contributed by atoms with E-state index in [2.05, 4.69) is 206 Å². The Morgan fingerprint density at radius 2 is 0.763 bits per heavy atom. The molecule has 0 saturated carbocycles. The van der Waals surface area contributed by atoms with Gasteiger partial charge in [0.1, 0.15) is 0 Å². The lowest BCUT2D eigenvalue weighted by atomic mass is 9.97. The molecule has 0 aliphatic heterocycles. The van der Waals surface area contributed by atoms with E-state index in [-0.39, 0.29) is 0 Å². The monoisotopic (exact) mass is 769 g/mol. The van der Waals surface area contributed by atoms with E-state index in [0.29, 0.717) is 17.5 Å². The Balaban J connectivity index is 1.07. The molecular formula is C55H35N3S. The van der Waals surface area contributed by atoms with Crippen LogP contribution in [0.5, 0.6) is 0 Å². The van der Waals surface area contributed by atoms with Gasteiger partial charge in [-0.25, -0.2) is 15.0 Å². The normalized spacial score (nSPS) is 11.4. The quantitative estimate of drug-likeness (QED) is 0.162. The summed E-state index contributed by atoms with van der Waals surface area (Å²) in [4.78, 5) is 15.8. The Bertz CT molecular complexity index is 3290. The molecule has 4 heteroatoms. The van der Waals surface area contributed by atoms with Crippen molar-refractivity contribution in [2.24, 2.45) is 0 Å². The highest BCUT2D eigenvalue weighted by atomic mass is 32.1. The molecule has 0 unspecified atom stereocenters. The summed E-state index contributed by atoms with van der Waals surface area (Å²) < 4.78 is 2.44. The Kier molecular flexibility index (Phi) is 8.68. The van der Waals surface area contributed by atoms with Crippen LogP contribution in [0.4, 0.5) is 0 Å². The highest BCUT2D eigenvalue weighted by Gasteiger charge is 2.19. The first-order chi connectivity index (χ1) is 29.2. The van der Waals surface area contributed by atoms with Crippen LogP contribution >= 0.6 is 11.3 Å². The number of hydrogen-bond acceptors (Lipinski definition) is 4. The van der Waals surface area contributed by atoms with Gasteiger partial charge in [-0.15, -0.1) is 11.3 Å². The van der Waals surface area contributed by atoms with Crippen LogP contribution in [0.3, 0.4) is 0 Å². The molecule has 9 aromatic carbocycles. The number of aromatic nitrogens is 3. The number of rotatable bonds is 7. The van der Waals surface area contributed by atoms with Crippen LogP contribution in [0.2, 0.25) is 0 Å². The summed E-state index contributed by atoms with van der Waals surface area (Å²) in [5, 5.41) is 4.77. The van der Waals surface area contributed by atoms with E-state index in [1.807, 2.05) is 17.4 Å². The van der Waals surface area contributed by atoms with Gasteiger partial charge in [0, 0.05) is 36.9 Å². The van der Waals surface area contributed by atoms with Gasteiger partial charge in [-0.05, 0) is 67.4 Å². The van der Waals surface area contributed by atoms with Gasteiger partial charge in [0.2, 0.25) is 0 Å². The maximum atomic E-state index is 5.30. The molecule has 276 valence electrons. The standard InChI is InChI=1S/C55H35N3S/c1-3-13-36(14-4-1)38-27-31-41(32-28-38)47-23-11-24-48-51-49(25-12-26-50(51)59-52(47)48)55-57-53(42-33-29-39(30-34-42)37-15-5-2-6-16-37)56-54(58-55)44-20-9-19-43(35-44)46-22-10-18-40-17-7-8-21-45(40)46/h1-35H. The average Bonchev–Trinajstić information content (AvgIpc) is 3.71. The van der Waals surface area contributed by atoms with Crippen LogP contribution < -0.4 is 0 Å². The van der Waals surface area contributed by atoms with Crippen molar-refractivity contribution in [3.8, 4) is 78.7 Å². The molecule has 0 spiro atoms. The zero-order valence-corrected chi connectivity index (χ0v) is 32.8. The zero-order valence-electron chi connectivity index (χ0n) is 32.0. The number of benzene rings is 9. The van der Waals surface area contributed by atoms with Crippen molar-refractivity contribution >= 4 is 42.3 Å². The van der Waals surface area contributed by atoms with Crippen LogP contribution in [0.15, 0.2) is 212 Å². The largest absolute Gasteiger partial charge is 0.208 e. The third kappa shape index (κ3) is 6.46. The van der Waals surface area contributed by atoms with Crippen LogP contribution in [0.1, 0.15) is 0 Å². The molecule has 11 aromatic rings. The summed E-state index contributed by atoms with van der Waals surface area (Å²) >= 11 is 1.82. The molecule has 3 nitrogen and oxygen atoms in total. The van der Waals surface area contributed by atoms with Gasteiger partial charge < -0.3 is 0 Å². The van der Waals surface area contributed by atoms with Crippen molar-refractivity contribution in [3.05, 3.63) is 212 Å². The van der Waals surface area contributed by atoms with Crippen molar-refractivity contribution in [1.82, 2.24) is 15.0 Å². The molecular weight excluding hydrogens is 735 g/mol. The third-order valence-electron chi connectivity index (χ3n) is 11.2. The van der Waals surface area contributed by atoms with E-state index in [9.17, 15) is 0 Å². The highest BCUT2D eigenvalue weighted by Crippen LogP contribution is 2.44. The van der Waals surface area contributed by atoms with E-state index >= 15 is 0 Å². The average molecular weight is 770 g/mol. The fourth-order valence-electron chi connectivity index (χ4n) is 8.23. The van der Waals surface area contributed by atoms with Crippen LogP contribution in [-0.2, 0) is 0 Å². The molecule has 0 saturated heterocycles. The van der Waals surface area contributed by atoms with Crippen LogP contribution in [-0.4, -0.2) is 15.0 Å². The van der Waals surface area contributed by atoms with E-state index in [1.54, 1.807) is 0 Å². The van der Waals surface area contributed by atoms with Crippen molar-refractivity contribution < 1.29 is 0 Å². The highest BCUT2D eigenvalue weighted by molar-refractivity contribution is 7.26. The van der Waals surface area contributed by atoms with Gasteiger partial charge >= 0.3 is 0 Å². The second-order valence-corrected chi connectivity index (χ2v) is 15.8. The van der Waals surface area contributed by atoms with Gasteiger partial charge in [0.05, 0.1) is 0 Å². The third-order valence-corrected chi connectivity index (χ3v) is 12.4. The van der Waals surface area contributed by atoms with Gasteiger partial charge in [-0.1, -0.05) is 200 Å². The molecule has 0 aliphatic rings. The fraction of sp³-hybridized carbons (Fsp3) is 0. The molecule has 2 aromatic heterocycles. The minimum atomic E-state index is 0.634. The van der Waals surface area contributed by atoms with Gasteiger partial charge in [0.15, 0.2) is 17.5 Å². The van der Waals surface area contributed by atoms with Gasteiger partial charge in [-0.3, -0.25) is 0 Å². The number of hydrogen-bond donors (Lipinski definition) is 0. The summed E-state index contributed by atoms with van der Waals surface area (Å²) in [6.07, 6.45) is 0. The molecule has 2 heterocycles. The number of thiophene rings is 1. The molecule has 0 N–H and O–H groups in total. The summed E-state index contributed by atoms with van der Waals surface area (Å²) in [6.45, 7) is 0. The van der Waals surface area contributed by atoms with Crippen molar-refractivity contribution in [1.29, 1.82) is 0 Å². The Hall–Kier alpha value is -7.53. The topological polar surface area (TPSA) is 38.7 Å². The molecule has 0 bridgehead atoms. The van der Waals surface area contributed by atoms with E-state index in [1.165, 1.54) is 58.9 Å². The Morgan fingerprint density at radius 3 is 1.51 bits per heavy atom. The van der Waals surface area contributed by atoms with Crippen molar-refractivity contribution in [2.75, 3.05) is 0 Å². The Labute approximate surface area is 346 Å². The minimum Gasteiger partial charge on any atom is -0.208 e. The SMILES string of the molecule is c1ccc(-c2ccc(-c3nc(-c4cccc(-c5cccc6ccccc56)c4)nc(-c4cccc5sc6c(-c7ccc(-c8ccccc8)cc7)cccc6c45)n3)cc2)cc1. The summed E-state index contributed by atoms with van der Waals surface area (Å²) in [5.41, 5.74) is 12.3. The molecule has 0 atom stereocenters. The maximum Gasteiger partial charge on any atom is 0.164 e. The number of nitrogens with zero attached hydrogens (tertiary/aromatic N) is 3. The van der Waals surface area contributed by atoms with E-state index in [0.717, 1.165) is 33.2 Å². The lowest BCUT2D eigenvalue weighted by Gasteiger charge is -2.12. The first-order valence-electron chi connectivity index (χ1n) is 19.8. The minimum absolute atomic E-state index is 0.634. The lowest BCUT2D eigenvalue weighted by Crippen LogP contribution is -2.00. The first-order valence-corrected chi connectivity index (χ1v) is 20.7. The predicted molar refractivity (Wildman–Crippen MR) is 248 cm³/mol. The second-order valence-electron chi connectivity index (χ2n) is 14.8. The fourth-order valence-corrected chi connectivity index (χ4v) is 9.50. The zero-order chi connectivity index (χ0) is 39.1.